The normalized spacial score (nSPS) is 22.6. The molecule has 0 radical (unpaired) electrons. The second-order valence-electron chi connectivity index (χ2n) is 5.57. The van der Waals surface area contributed by atoms with Crippen LogP contribution in [0.2, 0.25) is 0 Å². The van der Waals surface area contributed by atoms with E-state index in [1.807, 2.05) is 18.8 Å². The largest absolute Gasteiger partial charge is 0.334 e. The number of likely N-dealkylation sites (tertiary alicyclic amines) is 1. The molecule has 0 saturated carbocycles. The molecule has 3 heterocycles. The van der Waals surface area contributed by atoms with Crippen LogP contribution in [-0.4, -0.2) is 42.7 Å². The van der Waals surface area contributed by atoms with Crippen LogP contribution in [0.1, 0.15) is 39.4 Å². The predicted octanol–water partition coefficient (Wildman–Crippen LogP) is 2.75. The first-order chi connectivity index (χ1) is 9.79. The Morgan fingerprint density at radius 1 is 1.50 bits per heavy atom. The van der Waals surface area contributed by atoms with Gasteiger partial charge in [-0.3, -0.25) is 4.79 Å². The average Bonchev–Trinajstić information content (AvgIpc) is 2.91. The summed E-state index contributed by atoms with van der Waals surface area (Å²) in [5.41, 5.74) is 1.40. The third-order valence-corrected chi connectivity index (χ3v) is 6.40. The van der Waals surface area contributed by atoms with E-state index >= 15 is 0 Å². The van der Waals surface area contributed by atoms with Gasteiger partial charge < -0.3 is 10.2 Å². The Balaban J connectivity index is 1.78. The van der Waals surface area contributed by atoms with Crippen LogP contribution >= 0.6 is 23.1 Å². The van der Waals surface area contributed by atoms with Gasteiger partial charge in [0, 0.05) is 29.8 Å². The summed E-state index contributed by atoms with van der Waals surface area (Å²) in [5, 5.41) is 3.23. The van der Waals surface area contributed by atoms with E-state index in [2.05, 4.69) is 16.3 Å². The second-order valence-corrected chi connectivity index (χ2v) is 7.81. The summed E-state index contributed by atoms with van der Waals surface area (Å²) in [6.45, 7) is 1.83. The smallest absolute Gasteiger partial charge is 0.264 e. The molecular formula is C15H22N2OS2. The minimum Gasteiger partial charge on any atom is -0.334 e. The first kappa shape index (κ1) is 14.4. The monoisotopic (exact) mass is 310 g/mol. The van der Waals surface area contributed by atoms with Crippen LogP contribution in [0.3, 0.4) is 0 Å². The van der Waals surface area contributed by atoms with Gasteiger partial charge in [-0.05, 0) is 50.1 Å². The number of piperidine rings is 1. The molecular weight excluding hydrogens is 288 g/mol. The molecule has 20 heavy (non-hydrogen) atoms. The minimum atomic E-state index is 0.259. The van der Waals surface area contributed by atoms with Gasteiger partial charge in [-0.15, -0.1) is 11.3 Å². The summed E-state index contributed by atoms with van der Waals surface area (Å²) in [6, 6.07) is 2.52. The molecule has 0 aromatic carbocycles. The molecule has 2 aliphatic rings. The predicted molar refractivity (Wildman–Crippen MR) is 86.8 cm³/mol. The lowest BCUT2D eigenvalue weighted by atomic mass is 10.0. The fourth-order valence-corrected chi connectivity index (χ4v) is 5.44. The summed E-state index contributed by atoms with van der Waals surface area (Å²) >= 11 is 3.71. The zero-order valence-corrected chi connectivity index (χ0v) is 13.6. The molecule has 5 heteroatoms. The number of thiophene rings is 1. The van der Waals surface area contributed by atoms with Gasteiger partial charge in [0.1, 0.15) is 0 Å². The maximum absolute atomic E-state index is 12.8. The van der Waals surface area contributed by atoms with E-state index in [0.29, 0.717) is 6.04 Å². The van der Waals surface area contributed by atoms with E-state index in [0.717, 1.165) is 43.0 Å². The standard InChI is InChI=1S/C15H22N2OS2/c1-16-9-12-4-2-3-6-17(12)15(18)14-8-11-10-19-7-5-13(11)20-14/h8,12,16H,2-7,9-10H2,1H3. The number of amides is 1. The number of likely N-dealkylation sites (N-methyl/N-ethyl adjacent to an activating group) is 1. The van der Waals surface area contributed by atoms with Gasteiger partial charge in [0.05, 0.1) is 4.88 Å². The molecule has 0 spiro atoms. The third-order valence-electron chi connectivity index (χ3n) is 4.17. The van der Waals surface area contributed by atoms with Crippen LogP contribution in [0.4, 0.5) is 0 Å². The van der Waals surface area contributed by atoms with E-state index in [9.17, 15) is 4.79 Å². The number of hydrogen-bond acceptors (Lipinski definition) is 4. The van der Waals surface area contributed by atoms with Crippen molar-refractivity contribution in [1.82, 2.24) is 10.2 Å². The van der Waals surface area contributed by atoms with E-state index < -0.39 is 0 Å². The Morgan fingerprint density at radius 3 is 3.20 bits per heavy atom. The summed E-state index contributed by atoms with van der Waals surface area (Å²) < 4.78 is 0. The van der Waals surface area contributed by atoms with Crippen molar-refractivity contribution in [1.29, 1.82) is 0 Å². The van der Waals surface area contributed by atoms with Crippen LogP contribution in [0.15, 0.2) is 6.07 Å². The number of carbonyl (C=O) groups excluding carboxylic acids is 1. The molecule has 1 saturated heterocycles. The molecule has 1 atom stereocenters. The summed E-state index contributed by atoms with van der Waals surface area (Å²) in [7, 11) is 1.97. The SMILES string of the molecule is CNCC1CCCCN1C(=O)c1cc2c(s1)CCSC2. The van der Waals surface area contributed by atoms with Gasteiger partial charge in [-0.2, -0.15) is 11.8 Å². The van der Waals surface area contributed by atoms with Crippen LogP contribution < -0.4 is 5.32 Å². The second kappa shape index (κ2) is 6.50. The van der Waals surface area contributed by atoms with Crippen molar-refractivity contribution in [2.45, 2.75) is 37.5 Å². The number of hydrogen-bond donors (Lipinski definition) is 1. The molecule has 1 aromatic heterocycles. The number of carbonyl (C=O) groups is 1. The number of thioether (sulfide) groups is 1. The number of aryl methyl sites for hydroxylation is 1. The molecule has 0 aliphatic carbocycles. The fourth-order valence-electron chi connectivity index (χ4n) is 3.11. The van der Waals surface area contributed by atoms with E-state index in [1.165, 1.54) is 22.6 Å². The van der Waals surface area contributed by atoms with Gasteiger partial charge in [0.15, 0.2) is 0 Å². The Bertz CT molecular complexity index is 461. The lowest BCUT2D eigenvalue weighted by Gasteiger charge is -2.35. The molecule has 3 rings (SSSR count). The third kappa shape index (κ3) is 2.90. The lowest BCUT2D eigenvalue weighted by Crippen LogP contribution is -2.47. The molecule has 110 valence electrons. The van der Waals surface area contributed by atoms with E-state index in [1.54, 1.807) is 11.3 Å². The number of rotatable bonds is 3. The van der Waals surface area contributed by atoms with Crippen LogP contribution in [0, 0.1) is 0 Å². The molecule has 3 nitrogen and oxygen atoms in total. The molecule has 1 fully saturated rings. The molecule has 1 aromatic rings. The number of nitrogens with one attached hydrogen (secondary N) is 1. The van der Waals surface area contributed by atoms with Crippen molar-refractivity contribution in [3.05, 3.63) is 21.4 Å². The first-order valence-electron chi connectivity index (χ1n) is 7.44. The summed E-state index contributed by atoms with van der Waals surface area (Å²) in [5.74, 6) is 2.54. The van der Waals surface area contributed by atoms with E-state index in [4.69, 9.17) is 0 Å². The van der Waals surface area contributed by atoms with Crippen molar-refractivity contribution < 1.29 is 4.79 Å². The van der Waals surface area contributed by atoms with E-state index in [-0.39, 0.29) is 5.91 Å². The highest BCUT2D eigenvalue weighted by molar-refractivity contribution is 7.98. The van der Waals surface area contributed by atoms with Crippen molar-refractivity contribution >= 4 is 29.0 Å². The Hall–Kier alpha value is -0.520. The quantitative estimate of drug-likeness (QED) is 0.932. The molecule has 0 bridgehead atoms. The van der Waals surface area contributed by atoms with Crippen LogP contribution in [-0.2, 0) is 12.2 Å². The van der Waals surface area contributed by atoms with Crippen molar-refractivity contribution in [3.63, 3.8) is 0 Å². The molecule has 1 amide bonds. The zero-order valence-electron chi connectivity index (χ0n) is 12.0. The number of fused-ring (bicyclic) bond motifs is 1. The summed E-state index contributed by atoms with van der Waals surface area (Å²) in [4.78, 5) is 17.3. The first-order valence-corrected chi connectivity index (χ1v) is 9.41. The topological polar surface area (TPSA) is 32.3 Å². The Morgan fingerprint density at radius 2 is 2.40 bits per heavy atom. The van der Waals surface area contributed by atoms with Gasteiger partial charge in [-0.1, -0.05) is 0 Å². The van der Waals surface area contributed by atoms with Gasteiger partial charge in [0.25, 0.3) is 5.91 Å². The van der Waals surface area contributed by atoms with Crippen LogP contribution in [0.5, 0.6) is 0 Å². The lowest BCUT2D eigenvalue weighted by molar-refractivity contribution is 0.0620. The highest BCUT2D eigenvalue weighted by Crippen LogP contribution is 2.33. The maximum atomic E-state index is 12.8. The average molecular weight is 310 g/mol. The van der Waals surface area contributed by atoms with Crippen molar-refractivity contribution in [3.8, 4) is 0 Å². The van der Waals surface area contributed by atoms with Gasteiger partial charge in [0.2, 0.25) is 0 Å². The molecule has 2 aliphatic heterocycles. The number of nitrogens with zero attached hydrogens (tertiary/aromatic N) is 1. The van der Waals surface area contributed by atoms with Crippen molar-refractivity contribution in [2.24, 2.45) is 0 Å². The highest BCUT2D eigenvalue weighted by Gasteiger charge is 2.28. The Kier molecular flexibility index (Phi) is 4.68. The van der Waals surface area contributed by atoms with Gasteiger partial charge in [-0.25, -0.2) is 0 Å². The van der Waals surface area contributed by atoms with Crippen LogP contribution in [0.25, 0.3) is 0 Å². The van der Waals surface area contributed by atoms with Gasteiger partial charge >= 0.3 is 0 Å². The maximum Gasteiger partial charge on any atom is 0.264 e. The molecule has 1 unspecified atom stereocenters. The minimum absolute atomic E-state index is 0.259. The fraction of sp³-hybridized carbons (Fsp3) is 0.667. The summed E-state index contributed by atoms with van der Waals surface area (Å²) in [6.07, 6.45) is 4.66. The van der Waals surface area contributed by atoms with Crippen molar-refractivity contribution in [2.75, 3.05) is 25.9 Å². The molecule has 1 N–H and O–H groups in total. The Labute approximate surface area is 129 Å². The zero-order chi connectivity index (χ0) is 13.9. The highest BCUT2D eigenvalue weighted by atomic mass is 32.2.